The van der Waals surface area contributed by atoms with Crippen molar-refractivity contribution in [1.82, 2.24) is 19.7 Å². The number of nitriles is 1. The van der Waals surface area contributed by atoms with Crippen LogP contribution >= 0.6 is 23.1 Å². The van der Waals surface area contributed by atoms with E-state index in [4.69, 9.17) is 4.98 Å². The highest BCUT2D eigenvalue weighted by molar-refractivity contribution is 8.00. The fraction of sp³-hybridized carbons (Fsp3) is 0.400. The van der Waals surface area contributed by atoms with Gasteiger partial charge in [0.05, 0.1) is 16.3 Å². The number of para-hydroxylation sites is 1. The normalized spacial score (nSPS) is 14.1. The van der Waals surface area contributed by atoms with Gasteiger partial charge in [-0.2, -0.15) is 5.26 Å². The molecule has 9 heteroatoms. The Bertz CT molecular complexity index is 1420. The summed E-state index contributed by atoms with van der Waals surface area (Å²) >= 11 is 2.88. The molecule has 0 aliphatic heterocycles. The third kappa shape index (κ3) is 4.05. The molecule has 5 rings (SSSR count). The van der Waals surface area contributed by atoms with Crippen molar-refractivity contribution >= 4 is 56.1 Å². The monoisotopic (exact) mass is 490 g/mol. The first-order valence-corrected chi connectivity index (χ1v) is 13.5. The predicted molar refractivity (Wildman–Crippen MR) is 137 cm³/mol. The summed E-state index contributed by atoms with van der Waals surface area (Å²) in [5.41, 5.74) is 4.44. The van der Waals surface area contributed by atoms with Gasteiger partial charge in [-0.1, -0.05) is 43.8 Å². The largest absolute Gasteiger partial charge is 0.324 e. The minimum absolute atomic E-state index is 0.125. The van der Waals surface area contributed by atoms with Crippen molar-refractivity contribution in [1.29, 1.82) is 5.26 Å². The Kier molecular flexibility index (Phi) is 6.53. The summed E-state index contributed by atoms with van der Waals surface area (Å²) < 4.78 is 2.18. The zero-order chi connectivity index (χ0) is 23.7. The Labute approximate surface area is 206 Å². The number of anilines is 1. The highest BCUT2D eigenvalue weighted by Crippen LogP contribution is 2.38. The van der Waals surface area contributed by atoms with Gasteiger partial charge in [0.2, 0.25) is 11.1 Å². The van der Waals surface area contributed by atoms with Crippen LogP contribution in [-0.4, -0.2) is 30.9 Å². The second-order valence-electron chi connectivity index (χ2n) is 8.47. The summed E-state index contributed by atoms with van der Waals surface area (Å²) in [6.45, 7) is 4.95. The number of thiophene rings is 1. The number of rotatable bonds is 7. The van der Waals surface area contributed by atoms with E-state index in [-0.39, 0.29) is 11.2 Å². The number of fused-ring (bicyclic) bond motifs is 4. The van der Waals surface area contributed by atoms with E-state index in [0.29, 0.717) is 22.1 Å². The molecule has 1 aromatic carbocycles. The topological polar surface area (TPSA) is 96.5 Å². The summed E-state index contributed by atoms with van der Waals surface area (Å²) in [5.74, 6) is -0.125. The van der Waals surface area contributed by atoms with Crippen LogP contribution in [0.15, 0.2) is 29.4 Å². The number of hydrogen-bond donors (Lipinski definition) is 1. The summed E-state index contributed by atoms with van der Waals surface area (Å²) in [5, 5.41) is 23.4. The molecule has 1 N–H and O–H groups in total. The lowest BCUT2D eigenvalue weighted by molar-refractivity contribution is -0.115. The molecule has 0 saturated heterocycles. The number of thioether (sulfide) groups is 1. The van der Waals surface area contributed by atoms with Crippen LogP contribution in [0.1, 0.15) is 55.5 Å². The van der Waals surface area contributed by atoms with Crippen molar-refractivity contribution in [3.05, 3.63) is 40.3 Å². The molecule has 0 spiro atoms. The molecule has 0 saturated carbocycles. The van der Waals surface area contributed by atoms with Gasteiger partial charge in [-0.3, -0.25) is 4.79 Å². The SMILES string of the molecule is CCCn1c2ccccc2c2nnc(S[C@H](CC)C(=O)Nc3sc4c(c3C#N)CCCC4)nc21. The minimum Gasteiger partial charge on any atom is -0.324 e. The predicted octanol–water partition coefficient (Wildman–Crippen LogP) is 5.71. The number of nitrogens with one attached hydrogen (secondary N) is 1. The highest BCUT2D eigenvalue weighted by Gasteiger charge is 2.26. The fourth-order valence-corrected chi connectivity index (χ4v) is 6.66. The quantitative estimate of drug-likeness (QED) is 0.333. The zero-order valence-corrected chi connectivity index (χ0v) is 20.9. The third-order valence-electron chi connectivity index (χ3n) is 6.23. The van der Waals surface area contributed by atoms with Crippen molar-refractivity contribution in [3.63, 3.8) is 0 Å². The second kappa shape index (κ2) is 9.72. The molecule has 0 unspecified atom stereocenters. The lowest BCUT2D eigenvalue weighted by Gasteiger charge is -2.13. The number of carbonyl (C=O) groups is 1. The number of nitrogens with zero attached hydrogens (tertiary/aromatic N) is 5. The van der Waals surface area contributed by atoms with Crippen molar-refractivity contribution in [3.8, 4) is 6.07 Å². The van der Waals surface area contributed by atoms with E-state index in [2.05, 4.69) is 39.1 Å². The number of benzene rings is 1. The van der Waals surface area contributed by atoms with Crippen LogP contribution in [0.25, 0.3) is 22.1 Å². The Hall–Kier alpha value is -2.96. The third-order valence-corrected chi connectivity index (χ3v) is 8.66. The lowest BCUT2D eigenvalue weighted by atomic mass is 9.96. The maximum Gasteiger partial charge on any atom is 0.238 e. The minimum atomic E-state index is -0.381. The standard InChI is InChI=1S/C25H26N6OS2/c1-3-13-31-18-11-7-5-10-16(18)21-22(31)27-25(30-29-21)34-19(4-2)23(32)28-24-17(14-26)15-9-6-8-12-20(15)33-24/h5,7,10-11,19H,3-4,6,8-9,12-13H2,1-2H3,(H,28,32)/t19-/m1/s1. The molecule has 1 aliphatic rings. The summed E-state index contributed by atoms with van der Waals surface area (Å²) in [6.07, 6.45) is 5.74. The first-order chi connectivity index (χ1) is 16.6. The van der Waals surface area contributed by atoms with E-state index in [1.54, 1.807) is 11.3 Å². The van der Waals surface area contributed by atoms with E-state index < -0.39 is 0 Å². The van der Waals surface area contributed by atoms with E-state index in [9.17, 15) is 10.1 Å². The molecule has 0 radical (unpaired) electrons. The average molecular weight is 491 g/mol. The van der Waals surface area contributed by atoms with Gasteiger partial charge in [0, 0.05) is 16.8 Å². The van der Waals surface area contributed by atoms with Gasteiger partial charge < -0.3 is 9.88 Å². The number of aryl methyl sites for hydroxylation is 2. The smallest absolute Gasteiger partial charge is 0.238 e. The van der Waals surface area contributed by atoms with Crippen molar-refractivity contribution in [2.75, 3.05) is 5.32 Å². The fourth-order valence-electron chi connectivity index (χ4n) is 4.60. The zero-order valence-electron chi connectivity index (χ0n) is 19.3. The molecule has 1 atom stereocenters. The van der Waals surface area contributed by atoms with Crippen LogP contribution in [0.4, 0.5) is 5.00 Å². The van der Waals surface area contributed by atoms with Gasteiger partial charge in [0.1, 0.15) is 16.6 Å². The number of hydrogen-bond acceptors (Lipinski definition) is 7. The van der Waals surface area contributed by atoms with Gasteiger partial charge >= 0.3 is 0 Å². The molecule has 34 heavy (non-hydrogen) atoms. The van der Waals surface area contributed by atoms with Gasteiger partial charge in [-0.15, -0.1) is 21.5 Å². The lowest BCUT2D eigenvalue weighted by Crippen LogP contribution is -2.25. The number of amides is 1. The molecule has 3 heterocycles. The van der Waals surface area contributed by atoms with Crippen LogP contribution < -0.4 is 5.32 Å². The number of carbonyl (C=O) groups excluding carboxylic acids is 1. The van der Waals surface area contributed by atoms with Crippen LogP contribution in [0.5, 0.6) is 0 Å². The Morgan fingerprint density at radius 2 is 2.09 bits per heavy atom. The van der Waals surface area contributed by atoms with Gasteiger partial charge in [-0.25, -0.2) is 4.98 Å². The van der Waals surface area contributed by atoms with Crippen LogP contribution in [0.3, 0.4) is 0 Å². The summed E-state index contributed by atoms with van der Waals surface area (Å²) in [6, 6.07) is 10.5. The van der Waals surface area contributed by atoms with E-state index in [1.807, 2.05) is 25.1 Å². The molecule has 4 aromatic rings. The molecule has 174 valence electrons. The summed E-state index contributed by atoms with van der Waals surface area (Å²) in [7, 11) is 0. The molecule has 1 amide bonds. The van der Waals surface area contributed by atoms with Gasteiger partial charge in [0.15, 0.2) is 5.65 Å². The van der Waals surface area contributed by atoms with E-state index >= 15 is 0 Å². The van der Waals surface area contributed by atoms with Crippen LogP contribution in [0.2, 0.25) is 0 Å². The molecular formula is C25H26N6OS2. The molecule has 7 nitrogen and oxygen atoms in total. The Morgan fingerprint density at radius 1 is 1.26 bits per heavy atom. The Balaban J connectivity index is 1.42. The average Bonchev–Trinajstić information content (AvgIpc) is 3.37. The van der Waals surface area contributed by atoms with Gasteiger partial charge in [0.25, 0.3) is 0 Å². The van der Waals surface area contributed by atoms with Crippen molar-refractivity contribution in [2.24, 2.45) is 0 Å². The molecule has 0 fully saturated rings. The van der Waals surface area contributed by atoms with Crippen LogP contribution in [-0.2, 0) is 24.2 Å². The number of aromatic nitrogens is 4. The Morgan fingerprint density at radius 3 is 2.88 bits per heavy atom. The van der Waals surface area contributed by atoms with E-state index in [1.165, 1.54) is 16.6 Å². The maximum absolute atomic E-state index is 13.2. The molecular weight excluding hydrogens is 464 g/mol. The molecule has 1 aliphatic carbocycles. The first kappa shape index (κ1) is 22.8. The highest BCUT2D eigenvalue weighted by atomic mass is 32.2. The van der Waals surface area contributed by atoms with Crippen molar-refractivity contribution in [2.45, 2.75) is 69.3 Å². The van der Waals surface area contributed by atoms with Gasteiger partial charge in [-0.05, 0) is 50.2 Å². The molecule has 3 aromatic heterocycles. The van der Waals surface area contributed by atoms with Crippen LogP contribution in [0, 0.1) is 11.3 Å². The summed E-state index contributed by atoms with van der Waals surface area (Å²) in [4.78, 5) is 19.2. The maximum atomic E-state index is 13.2. The first-order valence-electron chi connectivity index (χ1n) is 11.8. The van der Waals surface area contributed by atoms with Crippen molar-refractivity contribution < 1.29 is 4.79 Å². The second-order valence-corrected chi connectivity index (χ2v) is 10.7. The molecule has 0 bridgehead atoms. The van der Waals surface area contributed by atoms with E-state index in [0.717, 1.165) is 66.3 Å².